The molecule has 0 bridgehead atoms. The molecule has 4 aliphatic rings. The van der Waals surface area contributed by atoms with Gasteiger partial charge in [0.2, 0.25) is 0 Å². The van der Waals surface area contributed by atoms with E-state index < -0.39 is 0 Å². The van der Waals surface area contributed by atoms with Gasteiger partial charge in [-0.2, -0.15) is 35.5 Å². The number of hydrogen-bond acceptors (Lipinski definition) is 0. The fourth-order valence-corrected chi connectivity index (χ4v) is 10.2. The number of allylic oxidation sites excluding steroid dienone is 12. The molecule has 6 heteroatoms. The van der Waals surface area contributed by atoms with Gasteiger partial charge < -0.3 is 14.9 Å². The number of benzene rings is 2. The Hall–Kier alpha value is -0.580. The second kappa shape index (κ2) is 17.3. The first-order valence-electron chi connectivity index (χ1n) is 11.6. The van der Waals surface area contributed by atoms with E-state index in [1.165, 1.54) is 43.5 Å². The average Bonchev–Trinajstić information content (AvgIpc) is 3.54. The van der Waals surface area contributed by atoms with Crippen LogP contribution in [0.5, 0.6) is 0 Å². The van der Waals surface area contributed by atoms with Gasteiger partial charge in [0.05, 0.1) is 0 Å². The van der Waals surface area contributed by atoms with Gasteiger partial charge in [0.25, 0.3) is 0 Å². The minimum atomic E-state index is -0.183. The Balaban J connectivity index is 0.000000616. The Labute approximate surface area is 263 Å². The van der Waals surface area contributed by atoms with Gasteiger partial charge in [-0.25, -0.2) is 0 Å². The van der Waals surface area contributed by atoms with Crippen molar-refractivity contribution >= 4 is 58.1 Å². The fourth-order valence-electron chi connectivity index (χ4n) is 4.84. The average molecular weight is 675 g/mol. The van der Waals surface area contributed by atoms with E-state index in [9.17, 15) is 0 Å². The van der Waals surface area contributed by atoms with Crippen LogP contribution in [0.1, 0.15) is 27.7 Å². The van der Waals surface area contributed by atoms with E-state index in [4.69, 9.17) is 0 Å². The molecule has 0 nitrogen and oxygen atoms in total. The third-order valence-electron chi connectivity index (χ3n) is 6.14. The van der Waals surface area contributed by atoms with Gasteiger partial charge in [-0.15, -0.1) is 58.7 Å². The van der Waals surface area contributed by atoms with Gasteiger partial charge in [-0.05, 0) is 21.9 Å². The van der Waals surface area contributed by atoms with E-state index in [2.05, 4.69) is 125 Å². The van der Waals surface area contributed by atoms with Gasteiger partial charge in [0, 0.05) is 0 Å². The molecule has 0 spiro atoms. The van der Waals surface area contributed by atoms with Crippen molar-refractivity contribution in [2.24, 2.45) is 0 Å². The molecule has 6 rings (SSSR count). The van der Waals surface area contributed by atoms with Crippen molar-refractivity contribution in [3.63, 3.8) is 0 Å². The van der Waals surface area contributed by atoms with E-state index in [0.717, 1.165) is 0 Å². The molecule has 0 saturated heterocycles. The molecular weight excluding hydrogens is 637 g/mol. The molecule has 0 aromatic heterocycles. The second-order valence-electron chi connectivity index (χ2n) is 8.73. The number of fused-ring (bicyclic) bond motifs is 2. The van der Waals surface area contributed by atoms with Crippen LogP contribution in [0.15, 0.2) is 118 Å². The maximum atomic E-state index is 3.45. The summed E-state index contributed by atoms with van der Waals surface area (Å²) in [5.41, 5.74) is 6.55. The van der Waals surface area contributed by atoms with Crippen LogP contribution in [-0.2, 0) is 23.3 Å². The summed E-state index contributed by atoms with van der Waals surface area (Å²) in [5.74, 6) is 0. The van der Waals surface area contributed by atoms with Crippen LogP contribution in [0.2, 0.25) is 0 Å². The van der Waals surface area contributed by atoms with E-state index in [1.807, 2.05) is 6.88 Å². The fraction of sp³-hybridized carbons (Fsp3) is 0.188. The Morgan fingerprint density at radius 3 is 1.26 bits per heavy atom. The van der Waals surface area contributed by atoms with Crippen molar-refractivity contribution in [1.29, 1.82) is 0 Å². The Morgan fingerprint density at radius 1 is 0.632 bits per heavy atom. The van der Waals surface area contributed by atoms with Crippen LogP contribution >= 0.6 is 40.7 Å². The van der Waals surface area contributed by atoms with Crippen LogP contribution in [-0.4, -0.2) is 18.2 Å². The van der Waals surface area contributed by atoms with E-state index >= 15 is 0 Å². The molecule has 2 heterocycles. The monoisotopic (exact) mass is 672 g/mol. The molecule has 0 fully saturated rings. The number of rotatable bonds is 2. The quantitative estimate of drug-likeness (QED) is 0.171. The van der Waals surface area contributed by atoms with Gasteiger partial charge in [-0.1, -0.05) is 104 Å². The summed E-state index contributed by atoms with van der Waals surface area (Å²) in [4.78, 5) is 0. The summed E-state index contributed by atoms with van der Waals surface area (Å²) in [6.45, 7) is 10.9. The van der Waals surface area contributed by atoms with Crippen molar-refractivity contribution < 1.29 is 23.3 Å². The zero-order chi connectivity index (χ0) is 24.2. The van der Waals surface area contributed by atoms with Crippen LogP contribution < -0.4 is 10.6 Å². The molecule has 0 amide bonds. The first kappa shape index (κ1) is 37.4. The molecule has 202 valence electrons. The Morgan fingerprint density at radius 2 is 0.947 bits per heavy atom. The van der Waals surface area contributed by atoms with Crippen molar-refractivity contribution in [1.82, 2.24) is 0 Å². The molecule has 2 aliphatic carbocycles. The molecule has 0 radical (unpaired) electrons. The van der Waals surface area contributed by atoms with Crippen LogP contribution in [0, 0.1) is 27.0 Å². The Bertz CT molecular complexity index is 1150. The molecule has 0 saturated carbocycles. The minimum absolute atomic E-state index is 0. The summed E-state index contributed by atoms with van der Waals surface area (Å²) < 4.78 is 0. The third kappa shape index (κ3) is 8.23. The molecular formula is C32H38Cl2P2SiZr-4. The normalized spacial score (nSPS) is 23.0. The maximum absolute atomic E-state index is 3.45. The topological polar surface area (TPSA) is 0 Å². The summed E-state index contributed by atoms with van der Waals surface area (Å²) in [6, 6.07) is 21.8. The number of halogens is 2. The summed E-state index contributed by atoms with van der Waals surface area (Å²) in [6.07, 6.45) is 16.3. The zero-order valence-electron chi connectivity index (χ0n) is 23.2. The molecule has 4 unspecified atom stereocenters. The van der Waals surface area contributed by atoms with Crippen molar-refractivity contribution in [2.45, 2.75) is 39.0 Å². The van der Waals surface area contributed by atoms with Crippen molar-refractivity contribution in [3.8, 4) is 0 Å². The van der Waals surface area contributed by atoms with Gasteiger partial charge in [-0.3, -0.25) is 0 Å². The SMILES string of the molecule is CC1=[C-]C2=CC(C)P(c3ccccc3)C2=C1.CC1=[C-]C2=CC(C)P(c3ccccc3)C2=C1.Cl.Cl.[CH3-].[CH3-].[SiH2]=[Zr]. The molecule has 0 N–H and O–H groups in total. The van der Waals surface area contributed by atoms with Crippen molar-refractivity contribution in [3.05, 3.63) is 145 Å². The molecule has 2 aliphatic heterocycles. The third-order valence-corrected chi connectivity index (χ3v) is 11.6. The first-order chi connectivity index (χ1) is 16.5. The summed E-state index contributed by atoms with van der Waals surface area (Å²) in [5, 5.41) is 6.01. The predicted octanol–water partition coefficient (Wildman–Crippen LogP) is 8.36. The van der Waals surface area contributed by atoms with E-state index in [-0.39, 0.29) is 55.5 Å². The standard InChI is InChI=1S/2C15H14P.2CH3.2ClH.H2Si.Zr/c2*1-11-8-13-10-12(2)16(15(13)9-11)14-6-4-3-5-7-14;;;;;;/h2*3-7,9-10,12H,1-2H3;2*1H3;2*1H;1H2;/q4*-1;;;;. The van der Waals surface area contributed by atoms with Crippen LogP contribution in [0.4, 0.5) is 0 Å². The summed E-state index contributed by atoms with van der Waals surface area (Å²) in [7, 11) is -0.367. The van der Waals surface area contributed by atoms with E-state index in [0.29, 0.717) is 11.3 Å². The molecule has 38 heavy (non-hydrogen) atoms. The molecule has 2 aromatic rings. The molecule has 2 aromatic carbocycles. The number of hydrogen-bond donors (Lipinski definition) is 0. The van der Waals surface area contributed by atoms with Crippen LogP contribution in [0.25, 0.3) is 0 Å². The second-order valence-corrected chi connectivity index (χ2v) is 13.8. The Kier molecular flexibility index (Phi) is 17.0. The first-order valence-corrected chi connectivity index (χ1v) is 20.4. The van der Waals surface area contributed by atoms with Crippen LogP contribution in [0.3, 0.4) is 0 Å². The van der Waals surface area contributed by atoms with Gasteiger partial charge in [0.15, 0.2) is 0 Å². The van der Waals surface area contributed by atoms with Crippen molar-refractivity contribution in [2.75, 3.05) is 0 Å². The molecule has 4 atom stereocenters. The van der Waals surface area contributed by atoms with E-state index in [1.54, 1.807) is 23.3 Å². The van der Waals surface area contributed by atoms with Gasteiger partial charge >= 0.3 is 30.2 Å². The predicted molar refractivity (Wildman–Crippen MR) is 178 cm³/mol. The van der Waals surface area contributed by atoms with Gasteiger partial charge in [0.1, 0.15) is 0 Å². The zero-order valence-corrected chi connectivity index (χ0v) is 30.4. The summed E-state index contributed by atoms with van der Waals surface area (Å²) >= 11 is 1.58.